The van der Waals surface area contributed by atoms with E-state index in [1.165, 1.54) is 16.7 Å². The standard InChI is InChI=1S/C23H23FN4O2/c1-4-28-21-20(16(3)25-28)26(13-17-7-5-15(2)6-8-17)23(30)27(22(21)29)14-18-9-11-19(24)12-10-18/h5-12H,4,13-14H2,1-3H3. The van der Waals surface area contributed by atoms with Gasteiger partial charge in [-0.25, -0.2) is 9.18 Å². The van der Waals surface area contributed by atoms with Gasteiger partial charge >= 0.3 is 5.69 Å². The first-order valence-electron chi connectivity index (χ1n) is 9.89. The molecule has 2 heterocycles. The fraction of sp³-hybridized carbons (Fsp3) is 0.261. The van der Waals surface area contributed by atoms with Crippen molar-refractivity contribution in [1.82, 2.24) is 18.9 Å². The second-order valence-electron chi connectivity index (χ2n) is 7.47. The van der Waals surface area contributed by atoms with Crippen LogP contribution in [0.15, 0.2) is 58.1 Å². The molecule has 30 heavy (non-hydrogen) atoms. The molecule has 2 aromatic heterocycles. The average molecular weight is 406 g/mol. The summed E-state index contributed by atoms with van der Waals surface area (Å²) < 4.78 is 17.7. The van der Waals surface area contributed by atoms with Crippen molar-refractivity contribution in [2.75, 3.05) is 0 Å². The maximum absolute atomic E-state index is 13.4. The van der Waals surface area contributed by atoms with Gasteiger partial charge in [0.05, 0.1) is 24.3 Å². The predicted molar refractivity (Wildman–Crippen MR) is 114 cm³/mol. The maximum Gasteiger partial charge on any atom is 0.332 e. The number of hydrogen-bond acceptors (Lipinski definition) is 3. The van der Waals surface area contributed by atoms with Crippen LogP contribution in [0.1, 0.15) is 29.3 Å². The van der Waals surface area contributed by atoms with E-state index in [0.717, 1.165) is 11.1 Å². The minimum Gasteiger partial charge on any atom is -0.285 e. The number of rotatable bonds is 5. The lowest BCUT2D eigenvalue weighted by Crippen LogP contribution is -2.41. The Balaban J connectivity index is 1.95. The van der Waals surface area contributed by atoms with Crippen molar-refractivity contribution in [3.8, 4) is 0 Å². The molecule has 4 aromatic rings. The minimum absolute atomic E-state index is 0.0652. The van der Waals surface area contributed by atoms with Gasteiger partial charge in [-0.1, -0.05) is 42.0 Å². The second-order valence-corrected chi connectivity index (χ2v) is 7.47. The van der Waals surface area contributed by atoms with Crippen LogP contribution in [0.5, 0.6) is 0 Å². The molecule has 0 amide bonds. The van der Waals surface area contributed by atoms with Gasteiger partial charge in [-0.3, -0.25) is 18.6 Å². The fourth-order valence-electron chi connectivity index (χ4n) is 3.73. The molecule has 0 radical (unpaired) electrons. The van der Waals surface area contributed by atoms with Crippen LogP contribution in [0, 0.1) is 19.7 Å². The third-order valence-electron chi connectivity index (χ3n) is 5.29. The van der Waals surface area contributed by atoms with Crippen LogP contribution in [-0.2, 0) is 19.6 Å². The molecule has 2 aromatic carbocycles. The first kappa shape index (κ1) is 19.8. The molecule has 0 aliphatic carbocycles. The van der Waals surface area contributed by atoms with Gasteiger partial charge in [0.1, 0.15) is 5.82 Å². The van der Waals surface area contributed by atoms with Gasteiger partial charge in [0, 0.05) is 6.54 Å². The third kappa shape index (κ3) is 3.47. The first-order valence-corrected chi connectivity index (χ1v) is 9.89. The highest BCUT2D eigenvalue weighted by atomic mass is 19.1. The summed E-state index contributed by atoms with van der Waals surface area (Å²) in [5.41, 5.74) is 3.58. The normalized spacial score (nSPS) is 11.3. The zero-order chi connectivity index (χ0) is 21.4. The Hall–Kier alpha value is -3.48. The second kappa shape index (κ2) is 7.74. The lowest BCUT2D eigenvalue weighted by Gasteiger charge is -2.13. The summed E-state index contributed by atoms with van der Waals surface area (Å²) in [4.78, 5) is 26.7. The summed E-state index contributed by atoms with van der Waals surface area (Å²) >= 11 is 0. The fourth-order valence-corrected chi connectivity index (χ4v) is 3.73. The van der Waals surface area contributed by atoms with Crippen LogP contribution < -0.4 is 11.2 Å². The number of hydrogen-bond donors (Lipinski definition) is 0. The molecule has 0 saturated heterocycles. The zero-order valence-electron chi connectivity index (χ0n) is 17.2. The quantitative estimate of drug-likeness (QED) is 0.511. The van der Waals surface area contributed by atoms with Gasteiger partial charge in [0.25, 0.3) is 5.56 Å². The van der Waals surface area contributed by atoms with Crippen molar-refractivity contribution >= 4 is 11.0 Å². The summed E-state index contributed by atoms with van der Waals surface area (Å²) in [6.45, 7) is 6.63. The van der Waals surface area contributed by atoms with E-state index < -0.39 is 5.69 Å². The number of benzene rings is 2. The first-order chi connectivity index (χ1) is 14.4. The van der Waals surface area contributed by atoms with Gasteiger partial charge < -0.3 is 0 Å². The molecule has 0 aliphatic rings. The van der Waals surface area contributed by atoms with E-state index in [1.54, 1.807) is 21.4 Å². The Kier molecular flexibility index (Phi) is 5.11. The molecule has 6 nitrogen and oxygen atoms in total. The summed E-state index contributed by atoms with van der Waals surface area (Å²) in [6.07, 6.45) is 0. The maximum atomic E-state index is 13.4. The Labute approximate surface area is 172 Å². The number of fused-ring (bicyclic) bond motifs is 1. The molecule has 0 bridgehead atoms. The summed E-state index contributed by atoms with van der Waals surface area (Å²) in [5.74, 6) is -0.363. The molecule has 0 N–H and O–H groups in total. The average Bonchev–Trinajstić information content (AvgIpc) is 3.07. The van der Waals surface area contributed by atoms with Crippen molar-refractivity contribution in [3.05, 3.63) is 97.6 Å². The molecule has 0 atom stereocenters. The molecule has 0 spiro atoms. The predicted octanol–water partition coefficient (Wildman–Crippen LogP) is 3.23. The SMILES string of the molecule is CCn1nc(C)c2c1c(=O)n(Cc1ccc(F)cc1)c(=O)n2Cc1ccc(C)cc1. The highest BCUT2D eigenvalue weighted by molar-refractivity contribution is 5.77. The Morgan fingerprint density at radius 2 is 1.40 bits per heavy atom. The molecule has 0 saturated carbocycles. The largest absolute Gasteiger partial charge is 0.332 e. The molecule has 154 valence electrons. The van der Waals surface area contributed by atoms with Gasteiger partial charge in [-0.2, -0.15) is 5.10 Å². The van der Waals surface area contributed by atoms with E-state index >= 15 is 0 Å². The van der Waals surface area contributed by atoms with Gasteiger partial charge in [-0.15, -0.1) is 0 Å². The highest BCUT2D eigenvalue weighted by Gasteiger charge is 2.20. The van der Waals surface area contributed by atoms with Crippen molar-refractivity contribution < 1.29 is 4.39 Å². The number of aromatic nitrogens is 4. The highest BCUT2D eigenvalue weighted by Crippen LogP contribution is 2.16. The van der Waals surface area contributed by atoms with Gasteiger partial charge in [0.15, 0.2) is 5.52 Å². The van der Waals surface area contributed by atoms with E-state index in [4.69, 9.17) is 0 Å². The molecule has 0 fully saturated rings. The molecular formula is C23H23FN4O2. The van der Waals surface area contributed by atoms with E-state index in [2.05, 4.69) is 5.10 Å². The van der Waals surface area contributed by atoms with Crippen LogP contribution in [0.3, 0.4) is 0 Å². The molecule has 0 unspecified atom stereocenters. The van der Waals surface area contributed by atoms with Crippen LogP contribution in [0.4, 0.5) is 4.39 Å². The summed E-state index contributed by atoms with van der Waals surface area (Å²) in [5, 5.41) is 4.48. The Morgan fingerprint density at radius 1 is 0.833 bits per heavy atom. The van der Waals surface area contributed by atoms with E-state index in [1.807, 2.05) is 45.0 Å². The molecule has 7 heteroatoms. The summed E-state index contributed by atoms with van der Waals surface area (Å²) in [7, 11) is 0. The van der Waals surface area contributed by atoms with Crippen molar-refractivity contribution in [2.24, 2.45) is 0 Å². The van der Waals surface area contributed by atoms with Crippen LogP contribution in [0.25, 0.3) is 11.0 Å². The molecular weight excluding hydrogens is 383 g/mol. The van der Waals surface area contributed by atoms with E-state index in [0.29, 0.717) is 35.4 Å². The zero-order valence-corrected chi connectivity index (χ0v) is 17.2. The van der Waals surface area contributed by atoms with Gasteiger partial charge in [-0.05, 0) is 44.0 Å². The minimum atomic E-state index is -0.406. The number of nitrogens with zero attached hydrogens (tertiary/aromatic N) is 4. The van der Waals surface area contributed by atoms with Crippen LogP contribution >= 0.6 is 0 Å². The van der Waals surface area contributed by atoms with Crippen LogP contribution in [0.2, 0.25) is 0 Å². The van der Waals surface area contributed by atoms with E-state index in [9.17, 15) is 14.0 Å². The van der Waals surface area contributed by atoms with Crippen LogP contribution in [-0.4, -0.2) is 18.9 Å². The number of halogens is 1. The Morgan fingerprint density at radius 3 is 2.00 bits per heavy atom. The number of aryl methyl sites for hydroxylation is 3. The smallest absolute Gasteiger partial charge is 0.285 e. The third-order valence-corrected chi connectivity index (χ3v) is 5.29. The lowest BCUT2D eigenvalue weighted by atomic mass is 10.1. The lowest BCUT2D eigenvalue weighted by molar-refractivity contribution is 0.615. The monoisotopic (exact) mass is 406 g/mol. The topological polar surface area (TPSA) is 61.8 Å². The van der Waals surface area contributed by atoms with Crippen molar-refractivity contribution in [1.29, 1.82) is 0 Å². The summed E-state index contributed by atoms with van der Waals surface area (Å²) in [6, 6.07) is 13.7. The van der Waals surface area contributed by atoms with Gasteiger partial charge in [0.2, 0.25) is 0 Å². The van der Waals surface area contributed by atoms with Crippen molar-refractivity contribution in [3.63, 3.8) is 0 Å². The molecule has 4 rings (SSSR count). The molecule has 0 aliphatic heterocycles. The van der Waals surface area contributed by atoms with E-state index in [-0.39, 0.29) is 17.9 Å². The Bertz CT molecular complexity index is 1330. The van der Waals surface area contributed by atoms with Crippen molar-refractivity contribution in [2.45, 2.75) is 40.4 Å².